The predicted octanol–water partition coefficient (Wildman–Crippen LogP) is 0.330. The van der Waals surface area contributed by atoms with Crippen molar-refractivity contribution >= 4 is 24.0 Å². The maximum Gasteiger partial charge on any atom is 0.341 e. The number of imide groups is 1. The van der Waals surface area contributed by atoms with E-state index in [0.717, 1.165) is 0 Å². The number of carbonyl (C=O) groups is 3. The van der Waals surface area contributed by atoms with Crippen LogP contribution in [0.5, 0.6) is 5.75 Å². The molecule has 1 heterocycles. The predicted molar refractivity (Wildman–Crippen MR) is 64.2 cm³/mol. The van der Waals surface area contributed by atoms with Crippen molar-refractivity contribution in [2.45, 2.75) is 0 Å². The maximum absolute atomic E-state index is 11.3. The van der Waals surface area contributed by atoms with Crippen molar-refractivity contribution in [3.8, 4) is 5.75 Å². The molecule has 1 aromatic carbocycles. The average Bonchev–Trinajstić information content (AvgIpc) is 2.67. The van der Waals surface area contributed by atoms with Crippen molar-refractivity contribution in [3.63, 3.8) is 0 Å². The van der Waals surface area contributed by atoms with E-state index in [-0.39, 0.29) is 5.70 Å². The van der Waals surface area contributed by atoms with Gasteiger partial charge in [0.15, 0.2) is 6.61 Å². The highest BCUT2D eigenvalue weighted by atomic mass is 16.5. The number of carboxylic acids is 1. The molecule has 0 radical (unpaired) electrons. The zero-order valence-electron chi connectivity index (χ0n) is 9.67. The van der Waals surface area contributed by atoms with Gasteiger partial charge in [-0.2, -0.15) is 0 Å². The van der Waals surface area contributed by atoms with Gasteiger partial charge in [-0.3, -0.25) is 10.1 Å². The van der Waals surface area contributed by atoms with Crippen LogP contribution >= 0.6 is 0 Å². The minimum absolute atomic E-state index is 0.157. The lowest BCUT2D eigenvalue weighted by Gasteiger charge is -2.03. The highest BCUT2D eigenvalue weighted by Crippen LogP contribution is 2.14. The minimum atomic E-state index is -1.06. The first-order valence-corrected chi connectivity index (χ1v) is 5.33. The Kier molecular flexibility index (Phi) is 3.46. The molecule has 0 unspecified atom stereocenters. The molecule has 0 saturated carbocycles. The summed E-state index contributed by atoms with van der Waals surface area (Å²) >= 11 is 0. The second-order valence-electron chi connectivity index (χ2n) is 3.72. The highest BCUT2D eigenvalue weighted by molar-refractivity contribution is 6.13. The molecule has 1 aliphatic heterocycles. The molecule has 0 aliphatic carbocycles. The summed E-state index contributed by atoms with van der Waals surface area (Å²) in [6.07, 6.45) is 1.50. The molecule has 3 amide bonds. The van der Waals surface area contributed by atoms with E-state index in [1.807, 2.05) is 0 Å². The number of aliphatic carboxylic acids is 1. The molecule has 1 aliphatic rings. The Hall–Kier alpha value is -2.83. The van der Waals surface area contributed by atoms with Gasteiger partial charge < -0.3 is 15.2 Å². The molecule has 1 saturated heterocycles. The Morgan fingerprint density at radius 1 is 1.21 bits per heavy atom. The van der Waals surface area contributed by atoms with Crippen molar-refractivity contribution in [1.29, 1.82) is 0 Å². The van der Waals surface area contributed by atoms with Gasteiger partial charge in [0, 0.05) is 0 Å². The number of carboxylic acid groups (broad SMARTS) is 1. The third-order valence-corrected chi connectivity index (χ3v) is 2.27. The van der Waals surface area contributed by atoms with Gasteiger partial charge in [-0.15, -0.1) is 0 Å². The SMILES string of the molecule is O=C(O)COc1ccc(/C=C2/NC(=O)NC2=O)cc1. The Bertz CT molecular complexity index is 562. The quantitative estimate of drug-likeness (QED) is 0.535. The molecular formula is C12H10N2O5. The van der Waals surface area contributed by atoms with E-state index in [1.165, 1.54) is 6.08 Å². The summed E-state index contributed by atoms with van der Waals surface area (Å²) in [5.41, 5.74) is 0.833. The molecule has 3 N–H and O–H groups in total. The lowest BCUT2D eigenvalue weighted by Crippen LogP contribution is -2.22. The summed E-state index contributed by atoms with van der Waals surface area (Å²) in [7, 11) is 0. The summed E-state index contributed by atoms with van der Waals surface area (Å²) < 4.78 is 4.96. The summed E-state index contributed by atoms with van der Waals surface area (Å²) in [6.45, 7) is -0.418. The minimum Gasteiger partial charge on any atom is -0.482 e. The van der Waals surface area contributed by atoms with Gasteiger partial charge in [-0.05, 0) is 23.8 Å². The standard InChI is InChI=1S/C12H10N2O5/c15-10(16)6-19-8-3-1-7(2-4-8)5-9-11(17)14-12(18)13-9/h1-5H,6H2,(H,15,16)(H2,13,14,17,18)/b9-5+. The topological polar surface area (TPSA) is 105 Å². The first-order valence-electron chi connectivity index (χ1n) is 5.33. The van der Waals surface area contributed by atoms with Crippen LogP contribution in [0.1, 0.15) is 5.56 Å². The first kappa shape index (κ1) is 12.6. The molecule has 7 nitrogen and oxygen atoms in total. The van der Waals surface area contributed by atoms with Gasteiger partial charge in [-0.25, -0.2) is 9.59 Å². The molecule has 98 valence electrons. The monoisotopic (exact) mass is 262 g/mol. The maximum atomic E-state index is 11.3. The number of urea groups is 1. The van der Waals surface area contributed by atoms with E-state index in [1.54, 1.807) is 24.3 Å². The Balaban J connectivity index is 2.06. The van der Waals surface area contributed by atoms with Crippen LogP contribution in [0.4, 0.5) is 4.79 Å². The van der Waals surface area contributed by atoms with Crippen molar-refractivity contribution in [2.75, 3.05) is 6.61 Å². The van der Waals surface area contributed by atoms with Gasteiger partial charge in [0.05, 0.1) is 0 Å². The zero-order chi connectivity index (χ0) is 13.8. The molecule has 0 bridgehead atoms. The van der Waals surface area contributed by atoms with Gasteiger partial charge >= 0.3 is 12.0 Å². The molecule has 0 atom stereocenters. The van der Waals surface area contributed by atoms with Gasteiger partial charge in [0.2, 0.25) is 0 Å². The van der Waals surface area contributed by atoms with Gasteiger partial charge in [0.1, 0.15) is 11.4 Å². The number of ether oxygens (including phenoxy) is 1. The van der Waals surface area contributed by atoms with Gasteiger partial charge in [-0.1, -0.05) is 12.1 Å². The average molecular weight is 262 g/mol. The van der Waals surface area contributed by atoms with E-state index in [9.17, 15) is 14.4 Å². The number of rotatable bonds is 4. The number of nitrogens with one attached hydrogen (secondary N) is 2. The van der Waals surface area contributed by atoms with Crippen molar-refractivity contribution < 1.29 is 24.2 Å². The van der Waals surface area contributed by atoms with Crippen LogP contribution in [-0.4, -0.2) is 29.6 Å². The first-order chi connectivity index (χ1) is 9.04. The molecule has 1 fully saturated rings. The molecule has 19 heavy (non-hydrogen) atoms. The number of amides is 3. The summed E-state index contributed by atoms with van der Waals surface area (Å²) in [5, 5.41) is 12.9. The molecule has 1 aromatic rings. The number of hydrogen-bond acceptors (Lipinski definition) is 4. The number of benzene rings is 1. The second kappa shape index (κ2) is 5.21. The molecule has 0 aromatic heterocycles. The summed E-state index contributed by atoms with van der Waals surface area (Å²) in [6, 6.07) is 5.87. The third kappa shape index (κ3) is 3.32. The number of carbonyl (C=O) groups excluding carboxylic acids is 2. The molecule has 7 heteroatoms. The van der Waals surface area contributed by atoms with Crippen LogP contribution in [-0.2, 0) is 9.59 Å². The van der Waals surface area contributed by atoms with Crippen LogP contribution in [0.3, 0.4) is 0 Å². The fourth-order valence-electron chi connectivity index (χ4n) is 1.45. The Labute approximate surface area is 107 Å². The van der Waals surface area contributed by atoms with E-state index in [4.69, 9.17) is 9.84 Å². The number of hydrogen-bond donors (Lipinski definition) is 3. The van der Waals surface area contributed by atoms with E-state index in [2.05, 4.69) is 10.6 Å². The summed E-state index contributed by atoms with van der Waals surface area (Å²) in [4.78, 5) is 32.5. The van der Waals surface area contributed by atoms with Crippen molar-refractivity contribution in [3.05, 3.63) is 35.5 Å². The summed E-state index contributed by atoms with van der Waals surface area (Å²) in [5.74, 6) is -1.14. The van der Waals surface area contributed by atoms with Crippen LogP contribution in [0.2, 0.25) is 0 Å². The van der Waals surface area contributed by atoms with E-state index in [0.29, 0.717) is 11.3 Å². The van der Waals surface area contributed by atoms with Crippen molar-refractivity contribution in [2.24, 2.45) is 0 Å². The van der Waals surface area contributed by atoms with Gasteiger partial charge in [0.25, 0.3) is 5.91 Å². The third-order valence-electron chi connectivity index (χ3n) is 2.27. The van der Waals surface area contributed by atoms with Crippen molar-refractivity contribution in [1.82, 2.24) is 10.6 Å². The fourth-order valence-corrected chi connectivity index (χ4v) is 1.45. The highest BCUT2D eigenvalue weighted by Gasteiger charge is 2.22. The van der Waals surface area contributed by atoms with Crippen LogP contribution in [0, 0.1) is 0 Å². The fraction of sp³-hybridized carbons (Fsp3) is 0.0833. The van der Waals surface area contributed by atoms with E-state index < -0.39 is 24.5 Å². The molecular weight excluding hydrogens is 252 g/mol. The van der Waals surface area contributed by atoms with Crippen LogP contribution < -0.4 is 15.4 Å². The lowest BCUT2D eigenvalue weighted by molar-refractivity contribution is -0.139. The lowest BCUT2D eigenvalue weighted by atomic mass is 10.2. The Morgan fingerprint density at radius 3 is 2.42 bits per heavy atom. The molecule has 0 spiro atoms. The van der Waals surface area contributed by atoms with Crippen LogP contribution in [0.25, 0.3) is 6.08 Å². The second-order valence-corrected chi connectivity index (χ2v) is 3.72. The smallest absolute Gasteiger partial charge is 0.341 e. The molecule has 2 rings (SSSR count). The Morgan fingerprint density at radius 2 is 1.89 bits per heavy atom. The zero-order valence-corrected chi connectivity index (χ0v) is 9.67. The normalized spacial score (nSPS) is 16.1. The largest absolute Gasteiger partial charge is 0.482 e. The van der Waals surface area contributed by atoms with E-state index >= 15 is 0 Å². The van der Waals surface area contributed by atoms with Crippen LogP contribution in [0.15, 0.2) is 30.0 Å².